The number of fused-ring (bicyclic) bond motifs is 2. The molecule has 0 atom stereocenters. The van der Waals surface area contributed by atoms with E-state index in [0.29, 0.717) is 49.1 Å². The topological polar surface area (TPSA) is 103 Å². The molecule has 0 spiro atoms. The first-order valence-electron chi connectivity index (χ1n) is 9.62. The van der Waals surface area contributed by atoms with E-state index < -0.39 is 5.97 Å². The predicted octanol–water partition coefficient (Wildman–Crippen LogP) is 2.53. The van der Waals surface area contributed by atoms with Gasteiger partial charge in [0.1, 0.15) is 5.82 Å². The molecule has 1 amide bonds. The van der Waals surface area contributed by atoms with Gasteiger partial charge in [0, 0.05) is 25.9 Å². The average molecular weight is 391 g/mol. The molecule has 0 saturated heterocycles. The number of carboxylic acid groups (broad SMARTS) is 1. The van der Waals surface area contributed by atoms with Crippen LogP contribution in [0.25, 0.3) is 10.9 Å². The number of carbonyl (C=O) groups is 2. The Kier molecular flexibility index (Phi) is 5.12. The van der Waals surface area contributed by atoms with Gasteiger partial charge in [-0.15, -0.1) is 0 Å². The zero-order valence-electron chi connectivity index (χ0n) is 15.9. The third kappa shape index (κ3) is 4.03. The number of nitrogens with zero attached hydrogens (tertiary/aromatic N) is 2. The van der Waals surface area contributed by atoms with Crippen LogP contribution < -0.4 is 5.56 Å². The summed E-state index contributed by atoms with van der Waals surface area (Å²) >= 11 is 0. The quantitative estimate of drug-likeness (QED) is 0.696. The molecule has 0 unspecified atom stereocenters. The van der Waals surface area contributed by atoms with Crippen LogP contribution >= 0.6 is 0 Å². The number of carboxylic acids is 1. The van der Waals surface area contributed by atoms with E-state index in [1.54, 1.807) is 35.2 Å². The van der Waals surface area contributed by atoms with Crippen LogP contribution in [-0.2, 0) is 24.2 Å². The van der Waals surface area contributed by atoms with Gasteiger partial charge in [-0.3, -0.25) is 9.59 Å². The number of hydrogen-bond acceptors (Lipinski definition) is 4. The van der Waals surface area contributed by atoms with Crippen molar-refractivity contribution in [2.24, 2.45) is 0 Å². The summed E-state index contributed by atoms with van der Waals surface area (Å²) in [5.74, 6) is -0.357. The third-order valence-electron chi connectivity index (χ3n) is 5.28. The average Bonchev–Trinajstić information content (AvgIpc) is 2.73. The van der Waals surface area contributed by atoms with Gasteiger partial charge in [-0.1, -0.05) is 18.2 Å². The molecule has 0 saturated carbocycles. The Balaban J connectivity index is 1.37. The molecular formula is C22H21N3O4. The van der Waals surface area contributed by atoms with E-state index in [4.69, 9.17) is 5.11 Å². The molecule has 1 aliphatic heterocycles. The number of aromatic carboxylic acids is 1. The van der Waals surface area contributed by atoms with E-state index in [-0.39, 0.29) is 17.0 Å². The maximum Gasteiger partial charge on any atom is 0.335 e. The minimum absolute atomic E-state index is 0.0273. The summed E-state index contributed by atoms with van der Waals surface area (Å²) in [5, 5.41) is 9.72. The van der Waals surface area contributed by atoms with Gasteiger partial charge in [-0.2, -0.15) is 0 Å². The lowest BCUT2D eigenvalue weighted by Crippen LogP contribution is -2.36. The van der Waals surface area contributed by atoms with Crippen molar-refractivity contribution in [2.45, 2.75) is 32.2 Å². The van der Waals surface area contributed by atoms with E-state index in [1.807, 2.05) is 12.1 Å². The van der Waals surface area contributed by atoms with Crippen molar-refractivity contribution in [3.8, 4) is 0 Å². The van der Waals surface area contributed by atoms with Crippen molar-refractivity contribution in [2.75, 3.05) is 6.54 Å². The molecule has 4 rings (SSSR count). The number of rotatable bonds is 5. The Hall–Kier alpha value is -3.48. The van der Waals surface area contributed by atoms with Crippen molar-refractivity contribution in [1.82, 2.24) is 14.9 Å². The van der Waals surface area contributed by atoms with Crippen LogP contribution in [0.15, 0.2) is 47.3 Å². The highest BCUT2D eigenvalue weighted by Gasteiger charge is 2.21. The fourth-order valence-electron chi connectivity index (χ4n) is 3.72. The summed E-state index contributed by atoms with van der Waals surface area (Å²) < 4.78 is 0. The number of hydrogen-bond donors (Lipinski definition) is 2. The van der Waals surface area contributed by atoms with Crippen LogP contribution in [0.5, 0.6) is 0 Å². The molecule has 7 heteroatoms. The van der Waals surface area contributed by atoms with Crippen molar-refractivity contribution in [1.29, 1.82) is 0 Å². The lowest BCUT2D eigenvalue weighted by molar-refractivity contribution is -0.132. The first kappa shape index (κ1) is 18.9. The van der Waals surface area contributed by atoms with Crippen LogP contribution in [0.3, 0.4) is 0 Å². The van der Waals surface area contributed by atoms with E-state index in [9.17, 15) is 14.4 Å². The van der Waals surface area contributed by atoms with Gasteiger partial charge in [0.2, 0.25) is 5.91 Å². The lowest BCUT2D eigenvalue weighted by atomic mass is 9.97. The Bertz CT molecular complexity index is 1150. The zero-order valence-corrected chi connectivity index (χ0v) is 15.9. The van der Waals surface area contributed by atoms with E-state index >= 15 is 0 Å². The smallest absolute Gasteiger partial charge is 0.335 e. The minimum Gasteiger partial charge on any atom is -0.478 e. The maximum atomic E-state index is 12.6. The highest BCUT2D eigenvalue weighted by molar-refractivity contribution is 5.88. The molecule has 2 N–H and O–H groups in total. The lowest BCUT2D eigenvalue weighted by Gasteiger charge is -2.29. The molecule has 3 aromatic rings. The fourth-order valence-corrected chi connectivity index (χ4v) is 3.72. The minimum atomic E-state index is -0.965. The molecule has 1 aliphatic rings. The van der Waals surface area contributed by atoms with Gasteiger partial charge in [-0.05, 0) is 48.2 Å². The second-order valence-electron chi connectivity index (χ2n) is 7.24. The highest BCUT2D eigenvalue weighted by atomic mass is 16.4. The second kappa shape index (κ2) is 7.87. The summed E-state index contributed by atoms with van der Waals surface area (Å²) in [6.45, 7) is 1.06. The maximum absolute atomic E-state index is 12.6. The van der Waals surface area contributed by atoms with E-state index in [0.717, 1.165) is 17.5 Å². The van der Waals surface area contributed by atoms with Crippen molar-refractivity contribution < 1.29 is 14.7 Å². The Labute approximate surface area is 167 Å². The van der Waals surface area contributed by atoms with Gasteiger partial charge < -0.3 is 15.0 Å². The van der Waals surface area contributed by atoms with Crippen LogP contribution in [0.2, 0.25) is 0 Å². The van der Waals surface area contributed by atoms with E-state index in [2.05, 4.69) is 9.97 Å². The summed E-state index contributed by atoms with van der Waals surface area (Å²) in [5.41, 5.74) is 2.71. The number of benzene rings is 2. The summed E-state index contributed by atoms with van der Waals surface area (Å²) in [4.78, 5) is 44.9. The number of aromatic nitrogens is 2. The molecule has 0 aliphatic carbocycles. The Morgan fingerprint density at radius 3 is 2.79 bits per heavy atom. The second-order valence-corrected chi connectivity index (χ2v) is 7.24. The van der Waals surface area contributed by atoms with Crippen molar-refractivity contribution in [3.63, 3.8) is 0 Å². The summed E-state index contributed by atoms with van der Waals surface area (Å²) in [6, 6.07) is 12.3. The molecule has 0 bridgehead atoms. The first-order valence-corrected chi connectivity index (χ1v) is 9.62. The third-order valence-corrected chi connectivity index (χ3v) is 5.28. The molecule has 7 nitrogen and oxygen atoms in total. The number of aromatic amines is 1. The zero-order chi connectivity index (χ0) is 20.4. The molecule has 1 aromatic heterocycles. The molecule has 0 radical (unpaired) electrons. The van der Waals surface area contributed by atoms with Gasteiger partial charge in [0.25, 0.3) is 5.56 Å². The first-order chi connectivity index (χ1) is 14.0. The number of nitrogens with one attached hydrogen (secondary N) is 1. The van der Waals surface area contributed by atoms with E-state index in [1.165, 1.54) is 0 Å². The van der Waals surface area contributed by atoms with Gasteiger partial charge in [0.05, 0.1) is 16.5 Å². The Morgan fingerprint density at radius 1 is 1.14 bits per heavy atom. The molecule has 148 valence electrons. The van der Waals surface area contributed by atoms with Crippen LogP contribution in [0.1, 0.15) is 40.2 Å². The SMILES string of the molecule is O=C(O)c1ccc2c(c1)CN(C(=O)CCCc1nc3ccccc3c(=O)[nH]1)CC2. The van der Waals surface area contributed by atoms with Crippen molar-refractivity contribution in [3.05, 3.63) is 75.3 Å². The van der Waals surface area contributed by atoms with Gasteiger partial charge in [-0.25, -0.2) is 9.78 Å². The van der Waals surface area contributed by atoms with Gasteiger partial charge in [0.15, 0.2) is 0 Å². The van der Waals surface area contributed by atoms with Crippen LogP contribution in [-0.4, -0.2) is 38.4 Å². The standard InChI is InChI=1S/C22H21N3O4/c26-20(25-11-10-14-8-9-15(22(28)29)12-16(14)13-25)7-3-6-19-23-18-5-2-1-4-17(18)21(27)24-19/h1-2,4-5,8-9,12H,3,6-7,10-11,13H2,(H,28,29)(H,23,24,27). The largest absolute Gasteiger partial charge is 0.478 e. The van der Waals surface area contributed by atoms with Crippen LogP contribution in [0.4, 0.5) is 0 Å². The van der Waals surface area contributed by atoms with Crippen LogP contribution in [0, 0.1) is 0 Å². The monoisotopic (exact) mass is 391 g/mol. The number of amides is 1. The molecular weight excluding hydrogens is 370 g/mol. The number of H-pyrrole nitrogens is 1. The Morgan fingerprint density at radius 2 is 1.97 bits per heavy atom. The highest BCUT2D eigenvalue weighted by Crippen LogP contribution is 2.21. The molecule has 2 aromatic carbocycles. The summed E-state index contributed by atoms with van der Waals surface area (Å²) in [6.07, 6.45) is 2.17. The molecule has 2 heterocycles. The normalized spacial score (nSPS) is 13.3. The molecule has 29 heavy (non-hydrogen) atoms. The predicted molar refractivity (Wildman–Crippen MR) is 108 cm³/mol. The van der Waals surface area contributed by atoms with Gasteiger partial charge >= 0.3 is 5.97 Å². The number of para-hydroxylation sites is 1. The molecule has 0 fully saturated rings. The number of aryl methyl sites for hydroxylation is 1. The number of carbonyl (C=O) groups excluding carboxylic acids is 1. The fraction of sp³-hybridized carbons (Fsp3) is 0.273. The summed E-state index contributed by atoms with van der Waals surface area (Å²) in [7, 11) is 0. The van der Waals surface area contributed by atoms with Crippen molar-refractivity contribution >= 4 is 22.8 Å².